The van der Waals surface area contributed by atoms with Crippen LogP contribution in [-0.2, 0) is 16.7 Å². The van der Waals surface area contributed by atoms with E-state index >= 15 is 0 Å². The number of nitrogens with zero attached hydrogens (tertiary/aromatic N) is 3. The number of fused-ring (bicyclic) bond motifs is 1. The number of rotatable bonds is 2. The second-order valence-corrected chi connectivity index (χ2v) is 6.66. The Kier molecular flexibility index (Phi) is 3.98. The van der Waals surface area contributed by atoms with Crippen LogP contribution in [0.25, 0.3) is 0 Å². The fourth-order valence-corrected chi connectivity index (χ4v) is 2.48. The molecule has 1 aromatic carbocycles. The highest BCUT2D eigenvalue weighted by Gasteiger charge is 2.22. The number of hydrogen-bond donors (Lipinski definition) is 0. The van der Waals surface area contributed by atoms with Gasteiger partial charge in [0.1, 0.15) is 11.4 Å². The van der Waals surface area contributed by atoms with Crippen LogP contribution in [0.4, 0.5) is 0 Å². The molecule has 0 saturated carbocycles. The minimum Gasteiger partial charge on any atom is -0.312 e. The first-order valence-electron chi connectivity index (χ1n) is 7.66. The second-order valence-electron chi connectivity index (χ2n) is 6.66. The van der Waals surface area contributed by atoms with E-state index in [4.69, 9.17) is 9.47 Å². The van der Waals surface area contributed by atoms with E-state index in [-0.39, 0.29) is 5.41 Å². The molecule has 0 bridgehead atoms. The highest BCUT2D eigenvalue weighted by atomic mass is 16.7. The van der Waals surface area contributed by atoms with E-state index in [1.165, 1.54) is 0 Å². The monoisotopic (exact) mass is 313 g/mol. The molecule has 6 heteroatoms. The molecule has 0 spiro atoms. The van der Waals surface area contributed by atoms with Crippen LogP contribution in [0.1, 0.15) is 60.9 Å². The molecule has 0 N–H and O–H groups in total. The maximum Gasteiger partial charge on any atom is 0.365 e. The zero-order valence-electron chi connectivity index (χ0n) is 13.5. The molecule has 23 heavy (non-hydrogen) atoms. The molecule has 0 fully saturated rings. The van der Waals surface area contributed by atoms with Crippen LogP contribution >= 0.6 is 0 Å². The lowest BCUT2D eigenvalue weighted by Crippen LogP contribution is -2.14. The SMILES string of the molecule is CC(C)(C)c1ccc(C(=O)O/N=C2\CCCc3nonc32)cc1. The Morgan fingerprint density at radius 2 is 1.91 bits per heavy atom. The summed E-state index contributed by atoms with van der Waals surface area (Å²) in [5, 5.41) is 11.6. The molecule has 1 aromatic heterocycles. The predicted octanol–water partition coefficient (Wildman–Crippen LogP) is 3.26. The lowest BCUT2D eigenvalue weighted by molar-refractivity contribution is 0.0515. The van der Waals surface area contributed by atoms with Gasteiger partial charge in [0.05, 0.1) is 5.56 Å². The van der Waals surface area contributed by atoms with Crippen LogP contribution in [0.5, 0.6) is 0 Å². The summed E-state index contributed by atoms with van der Waals surface area (Å²) in [6.45, 7) is 6.37. The Morgan fingerprint density at radius 1 is 1.17 bits per heavy atom. The number of carbonyl (C=O) groups is 1. The first kappa shape index (κ1) is 15.4. The minimum atomic E-state index is -0.485. The summed E-state index contributed by atoms with van der Waals surface area (Å²) in [6.07, 6.45) is 2.38. The van der Waals surface area contributed by atoms with Gasteiger partial charge in [-0.05, 0) is 47.5 Å². The number of aromatic nitrogens is 2. The topological polar surface area (TPSA) is 77.6 Å². The smallest absolute Gasteiger partial charge is 0.312 e. The average molecular weight is 313 g/mol. The fourth-order valence-electron chi connectivity index (χ4n) is 2.48. The summed E-state index contributed by atoms with van der Waals surface area (Å²) in [6, 6.07) is 7.38. The van der Waals surface area contributed by atoms with Gasteiger partial charge < -0.3 is 4.84 Å². The predicted molar refractivity (Wildman–Crippen MR) is 84.3 cm³/mol. The first-order valence-corrected chi connectivity index (χ1v) is 7.66. The minimum absolute atomic E-state index is 0.0428. The van der Waals surface area contributed by atoms with Crippen molar-refractivity contribution in [2.24, 2.45) is 5.16 Å². The molecule has 0 radical (unpaired) electrons. The third-order valence-corrected chi connectivity index (χ3v) is 3.88. The zero-order valence-corrected chi connectivity index (χ0v) is 13.5. The van der Waals surface area contributed by atoms with E-state index in [2.05, 4.69) is 36.2 Å². The summed E-state index contributed by atoms with van der Waals surface area (Å²) in [5.74, 6) is -0.485. The Hall–Kier alpha value is -2.50. The molecule has 2 aromatic rings. The summed E-state index contributed by atoms with van der Waals surface area (Å²) in [4.78, 5) is 17.2. The average Bonchev–Trinajstić information content (AvgIpc) is 3.01. The molecule has 0 unspecified atom stereocenters. The van der Waals surface area contributed by atoms with Gasteiger partial charge in [0.25, 0.3) is 0 Å². The van der Waals surface area contributed by atoms with E-state index in [0.29, 0.717) is 23.4 Å². The zero-order chi connectivity index (χ0) is 16.4. The van der Waals surface area contributed by atoms with Crippen LogP contribution < -0.4 is 0 Å². The summed E-state index contributed by atoms with van der Waals surface area (Å²) in [5.41, 5.74) is 3.63. The molecule has 6 nitrogen and oxygen atoms in total. The molecular weight excluding hydrogens is 294 g/mol. The van der Waals surface area contributed by atoms with Crippen LogP contribution in [0.2, 0.25) is 0 Å². The van der Waals surface area contributed by atoms with Gasteiger partial charge in [-0.15, -0.1) is 0 Å². The van der Waals surface area contributed by atoms with Gasteiger partial charge >= 0.3 is 5.97 Å². The normalized spacial score (nSPS) is 16.2. The van der Waals surface area contributed by atoms with Crippen LogP contribution in [0, 0.1) is 0 Å². The van der Waals surface area contributed by atoms with E-state index in [0.717, 1.165) is 24.1 Å². The lowest BCUT2D eigenvalue weighted by atomic mass is 9.87. The third-order valence-electron chi connectivity index (χ3n) is 3.88. The molecule has 120 valence electrons. The van der Waals surface area contributed by atoms with Crippen LogP contribution in [0.3, 0.4) is 0 Å². The lowest BCUT2D eigenvalue weighted by Gasteiger charge is -2.18. The van der Waals surface area contributed by atoms with Gasteiger partial charge in [-0.1, -0.05) is 43.2 Å². The van der Waals surface area contributed by atoms with Gasteiger partial charge in [0, 0.05) is 0 Å². The highest BCUT2D eigenvalue weighted by molar-refractivity contribution is 6.00. The molecular formula is C17H19N3O3. The maximum absolute atomic E-state index is 12.1. The molecule has 1 heterocycles. The molecule has 3 rings (SSSR count). The van der Waals surface area contributed by atoms with Crippen molar-refractivity contribution >= 4 is 11.7 Å². The van der Waals surface area contributed by atoms with Gasteiger partial charge in [-0.2, -0.15) is 0 Å². The Bertz CT molecular complexity index is 739. The quantitative estimate of drug-likeness (QED) is 0.628. The van der Waals surface area contributed by atoms with Gasteiger partial charge in [-0.25, -0.2) is 9.42 Å². The van der Waals surface area contributed by atoms with Gasteiger partial charge in [-0.3, -0.25) is 0 Å². The van der Waals surface area contributed by atoms with Crippen LogP contribution in [0.15, 0.2) is 34.1 Å². The largest absolute Gasteiger partial charge is 0.365 e. The van der Waals surface area contributed by atoms with Crippen molar-refractivity contribution in [3.05, 3.63) is 46.8 Å². The Labute approximate surface area is 134 Å². The van der Waals surface area contributed by atoms with Crippen molar-refractivity contribution in [1.82, 2.24) is 10.3 Å². The first-order chi connectivity index (χ1) is 10.9. The number of oxime groups is 1. The van der Waals surface area contributed by atoms with Crippen molar-refractivity contribution < 1.29 is 14.3 Å². The number of aryl methyl sites for hydroxylation is 1. The number of carbonyl (C=O) groups excluding carboxylic acids is 1. The van der Waals surface area contributed by atoms with Gasteiger partial charge in [0.15, 0.2) is 5.69 Å². The molecule has 0 saturated heterocycles. The summed E-state index contributed by atoms with van der Waals surface area (Å²) in [7, 11) is 0. The van der Waals surface area contributed by atoms with E-state index in [9.17, 15) is 4.79 Å². The summed E-state index contributed by atoms with van der Waals surface area (Å²) < 4.78 is 4.71. The van der Waals surface area contributed by atoms with Gasteiger partial charge in [0.2, 0.25) is 0 Å². The van der Waals surface area contributed by atoms with Crippen molar-refractivity contribution in [3.8, 4) is 0 Å². The molecule has 0 atom stereocenters. The number of benzene rings is 1. The molecule has 0 amide bonds. The van der Waals surface area contributed by atoms with Crippen molar-refractivity contribution in [1.29, 1.82) is 0 Å². The molecule has 1 aliphatic rings. The highest BCUT2D eigenvalue weighted by Crippen LogP contribution is 2.22. The Balaban J connectivity index is 1.72. The third kappa shape index (κ3) is 3.31. The van der Waals surface area contributed by atoms with E-state index in [1.54, 1.807) is 12.1 Å². The van der Waals surface area contributed by atoms with Crippen molar-refractivity contribution in [2.75, 3.05) is 0 Å². The van der Waals surface area contributed by atoms with Crippen molar-refractivity contribution in [3.63, 3.8) is 0 Å². The fraction of sp³-hybridized carbons (Fsp3) is 0.412. The van der Waals surface area contributed by atoms with E-state index in [1.807, 2.05) is 12.1 Å². The molecule has 1 aliphatic carbocycles. The maximum atomic E-state index is 12.1. The van der Waals surface area contributed by atoms with Crippen molar-refractivity contribution in [2.45, 2.75) is 45.4 Å². The standard InChI is InChI=1S/C17H19N3O3/c1-17(2,3)12-9-7-11(8-10-12)16(21)22-18-13-5-4-6-14-15(13)20-23-19-14/h7-10H,4-6H2,1-3H3/b18-13+. The molecule has 0 aliphatic heterocycles. The Morgan fingerprint density at radius 3 is 2.61 bits per heavy atom. The number of hydrogen-bond acceptors (Lipinski definition) is 6. The second kappa shape index (κ2) is 5.95. The van der Waals surface area contributed by atoms with E-state index < -0.39 is 5.97 Å². The summed E-state index contributed by atoms with van der Waals surface area (Å²) >= 11 is 0. The van der Waals surface area contributed by atoms with Crippen LogP contribution in [-0.4, -0.2) is 22.0 Å².